The van der Waals surface area contributed by atoms with E-state index in [1.54, 1.807) is 12.1 Å². The molecular formula is C13H18N2O4. The molecule has 0 spiro atoms. The molecule has 1 aromatic rings. The Balaban J connectivity index is 2.75. The maximum Gasteiger partial charge on any atom is 0.303 e. The van der Waals surface area contributed by atoms with Gasteiger partial charge in [-0.3, -0.25) is 14.9 Å². The van der Waals surface area contributed by atoms with E-state index in [0.29, 0.717) is 6.54 Å². The predicted molar refractivity (Wildman–Crippen MR) is 72.2 cm³/mol. The Labute approximate surface area is 112 Å². The van der Waals surface area contributed by atoms with Gasteiger partial charge in [-0.1, -0.05) is 0 Å². The summed E-state index contributed by atoms with van der Waals surface area (Å²) >= 11 is 0. The molecule has 19 heavy (non-hydrogen) atoms. The third-order valence-corrected chi connectivity index (χ3v) is 2.54. The summed E-state index contributed by atoms with van der Waals surface area (Å²) < 4.78 is 5.20. The third kappa shape index (κ3) is 4.57. The monoisotopic (exact) mass is 266 g/mol. The zero-order valence-corrected chi connectivity index (χ0v) is 11.5. The lowest BCUT2D eigenvalue weighted by Crippen LogP contribution is -2.40. The van der Waals surface area contributed by atoms with Gasteiger partial charge in [0, 0.05) is 31.8 Å². The van der Waals surface area contributed by atoms with Crippen molar-refractivity contribution in [3.8, 4) is 0 Å². The average molecular weight is 266 g/mol. The lowest BCUT2D eigenvalue weighted by atomic mass is 10.1. The van der Waals surface area contributed by atoms with Gasteiger partial charge in [0.25, 0.3) is 5.69 Å². The predicted octanol–water partition coefficient (Wildman–Crippen LogP) is 2.37. The number of esters is 1. The first-order valence-electron chi connectivity index (χ1n) is 5.86. The molecule has 0 bridgehead atoms. The summed E-state index contributed by atoms with van der Waals surface area (Å²) in [6.45, 7) is 5.49. The fourth-order valence-corrected chi connectivity index (χ4v) is 1.91. The molecule has 0 aliphatic carbocycles. The molecule has 6 nitrogen and oxygen atoms in total. The number of hydrogen-bond donors (Lipinski definition) is 0. The van der Waals surface area contributed by atoms with Crippen LogP contribution in [0.4, 0.5) is 11.4 Å². The van der Waals surface area contributed by atoms with Crippen molar-refractivity contribution >= 4 is 17.3 Å². The van der Waals surface area contributed by atoms with Crippen LogP contribution in [-0.4, -0.2) is 30.1 Å². The fourth-order valence-electron chi connectivity index (χ4n) is 1.91. The van der Waals surface area contributed by atoms with Crippen molar-refractivity contribution < 1.29 is 14.5 Å². The molecule has 104 valence electrons. The van der Waals surface area contributed by atoms with Crippen molar-refractivity contribution in [2.45, 2.75) is 26.4 Å². The van der Waals surface area contributed by atoms with Crippen LogP contribution < -0.4 is 4.90 Å². The first kappa shape index (κ1) is 14.9. The maximum absolute atomic E-state index is 11.0. The number of anilines is 1. The van der Waals surface area contributed by atoms with Gasteiger partial charge in [0.1, 0.15) is 5.60 Å². The topological polar surface area (TPSA) is 72.7 Å². The summed E-state index contributed by atoms with van der Waals surface area (Å²) in [5.41, 5.74) is 0.254. The highest BCUT2D eigenvalue weighted by Gasteiger charge is 2.23. The number of likely N-dealkylation sites (N-methyl/N-ethyl adjacent to an activating group) is 1. The number of nitro groups is 1. The average Bonchev–Trinajstić information content (AvgIpc) is 2.26. The number of non-ortho nitro benzene ring substituents is 1. The van der Waals surface area contributed by atoms with Gasteiger partial charge in [-0.2, -0.15) is 0 Å². The van der Waals surface area contributed by atoms with Gasteiger partial charge in [0.2, 0.25) is 0 Å². The van der Waals surface area contributed by atoms with Crippen molar-refractivity contribution in [2.24, 2.45) is 0 Å². The highest BCUT2D eigenvalue weighted by Crippen LogP contribution is 2.21. The Kier molecular flexibility index (Phi) is 4.47. The van der Waals surface area contributed by atoms with E-state index in [2.05, 4.69) is 0 Å². The van der Waals surface area contributed by atoms with Crippen LogP contribution in [0.5, 0.6) is 0 Å². The van der Waals surface area contributed by atoms with Crippen LogP contribution in [0.1, 0.15) is 20.8 Å². The van der Waals surface area contributed by atoms with Crippen molar-refractivity contribution in [3.63, 3.8) is 0 Å². The molecule has 0 radical (unpaired) electrons. The SMILES string of the molecule is CC(=O)OC(C)(C)CN(C)c1ccc([N+](=O)[O-])cc1. The molecule has 0 aromatic heterocycles. The first-order valence-corrected chi connectivity index (χ1v) is 5.86. The summed E-state index contributed by atoms with van der Waals surface area (Å²) in [5, 5.41) is 10.6. The van der Waals surface area contributed by atoms with Gasteiger partial charge in [-0.05, 0) is 26.0 Å². The van der Waals surface area contributed by atoms with Gasteiger partial charge in [0.15, 0.2) is 0 Å². The second-order valence-electron chi connectivity index (χ2n) is 4.98. The van der Waals surface area contributed by atoms with E-state index in [0.717, 1.165) is 5.69 Å². The van der Waals surface area contributed by atoms with Crippen LogP contribution in [0.25, 0.3) is 0 Å². The van der Waals surface area contributed by atoms with Crippen LogP contribution in [0.2, 0.25) is 0 Å². The molecule has 6 heteroatoms. The molecule has 0 saturated carbocycles. The molecule has 0 saturated heterocycles. The Morgan fingerprint density at radius 3 is 2.32 bits per heavy atom. The number of rotatable bonds is 5. The number of nitro benzene ring substituents is 1. The minimum absolute atomic E-state index is 0.0522. The second-order valence-corrected chi connectivity index (χ2v) is 4.98. The molecule has 0 aliphatic heterocycles. The maximum atomic E-state index is 11.0. The Bertz CT molecular complexity index is 468. The fraction of sp³-hybridized carbons (Fsp3) is 0.462. The van der Waals surface area contributed by atoms with Gasteiger partial charge in [0.05, 0.1) is 11.5 Å². The van der Waals surface area contributed by atoms with E-state index in [4.69, 9.17) is 4.74 Å². The quantitative estimate of drug-likeness (QED) is 0.464. The minimum atomic E-state index is -0.623. The van der Waals surface area contributed by atoms with Gasteiger partial charge in [-0.25, -0.2) is 0 Å². The summed E-state index contributed by atoms with van der Waals surface area (Å²) in [6.07, 6.45) is 0. The van der Waals surface area contributed by atoms with E-state index in [1.165, 1.54) is 19.1 Å². The molecule has 0 unspecified atom stereocenters. The number of hydrogen-bond acceptors (Lipinski definition) is 5. The van der Waals surface area contributed by atoms with E-state index >= 15 is 0 Å². The minimum Gasteiger partial charge on any atom is -0.458 e. The van der Waals surface area contributed by atoms with E-state index in [-0.39, 0.29) is 11.7 Å². The number of carbonyl (C=O) groups is 1. The molecule has 1 rings (SSSR count). The zero-order valence-electron chi connectivity index (χ0n) is 11.5. The zero-order chi connectivity index (χ0) is 14.6. The molecule has 1 aromatic carbocycles. The lowest BCUT2D eigenvalue weighted by Gasteiger charge is -2.31. The van der Waals surface area contributed by atoms with Gasteiger partial charge < -0.3 is 9.64 Å². The van der Waals surface area contributed by atoms with Crippen molar-refractivity contribution in [3.05, 3.63) is 34.4 Å². The smallest absolute Gasteiger partial charge is 0.303 e. The molecule has 0 N–H and O–H groups in total. The van der Waals surface area contributed by atoms with E-state index in [9.17, 15) is 14.9 Å². The number of nitrogens with zero attached hydrogens (tertiary/aromatic N) is 2. The highest BCUT2D eigenvalue weighted by atomic mass is 16.6. The van der Waals surface area contributed by atoms with Crippen molar-refractivity contribution in [2.75, 3.05) is 18.5 Å². The standard InChI is InChI=1S/C13H18N2O4/c1-10(16)19-13(2,3)9-14(4)11-5-7-12(8-6-11)15(17)18/h5-8H,9H2,1-4H3. The molecule has 0 heterocycles. The number of ether oxygens (including phenoxy) is 1. The third-order valence-electron chi connectivity index (χ3n) is 2.54. The van der Waals surface area contributed by atoms with Crippen LogP contribution in [0.3, 0.4) is 0 Å². The summed E-state index contributed by atoms with van der Waals surface area (Å²) in [4.78, 5) is 23.0. The largest absolute Gasteiger partial charge is 0.458 e. The van der Waals surface area contributed by atoms with Crippen LogP contribution >= 0.6 is 0 Å². The molecule has 0 atom stereocenters. The van der Waals surface area contributed by atoms with Gasteiger partial charge >= 0.3 is 5.97 Å². The van der Waals surface area contributed by atoms with Crippen LogP contribution in [-0.2, 0) is 9.53 Å². The first-order chi connectivity index (χ1) is 8.71. The normalized spacial score (nSPS) is 10.9. The summed E-state index contributed by atoms with van der Waals surface area (Å²) in [5.74, 6) is -0.331. The molecule has 0 fully saturated rings. The second kappa shape index (κ2) is 5.69. The Morgan fingerprint density at radius 1 is 1.37 bits per heavy atom. The summed E-state index contributed by atoms with van der Waals surface area (Å²) in [6, 6.07) is 6.24. The highest BCUT2D eigenvalue weighted by molar-refractivity contribution is 5.66. The van der Waals surface area contributed by atoms with E-state index < -0.39 is 10.5 Å². The lowest BCUT2D eigenvalue weighted by molar-refractivity contribution is -0.384. The Hall–Kier alpha value is -2.11. The molecule has 0 amide bonds. The Morgan fingerprint density at radius 2 is 1.89 bits per heavy atom. The van der Waals surface area contributed by atoms with Crippen molar-refractivity contribution in [1.82, 2.24) is 0 Å². The number of carbonyl (C=O) groups excluding carboxylic acids is 1. The molecular weight excluding hydrogens is 248 g/mol. The van der Waals surface area contributed by atoms with Crippen LogP contribution in [0.15, 0.2) is 24.3 Å². The number of benzene rings is 1. The van der Waals surface area contributed by atoms with E-state index in [1.807, 2.05) is 25.8 Å². The molecule has 0 aliphatic rings. The van der Waals surface area contributed by atoms with Crippen LogP contribution in [0, 0.1) is 10.1 Å². The van der Waals surface area contributed by atoms with Crippen molar-refractivity contribution in [1.29, 1.82) is 0 Å². The summed E-state index contributed by atoms with van der Waals surface area (Å²) in [7, 11) is 1.84. The van der Waals surface area contributed by atoms with Gasteiger partial charge in [-0.15, -0.1) is 0 Å².